The molecule has 3 aromatic rings. The molecule has 1 saturated carbocycles. The first-order valence-electron chi connectivity index (χ1n) is 9.71. The van der Waals surface area contributed by atoms with Gasteiger partial charge in [0.15, 0.2) is 18.0 Å². The molecule has 0 spiro atoms. The number of rotatable bonds is 6. The quantitative estimate of drug-likeness (QED) is 0.577. The zero-order valence-corrected chi connectivity index (χ0v) is 16.4. The monoisotopic (exact) mass is 396 g/mol. The van der Waals surface area contributed by atoms with Crippen LogP contribution in [0.3, 0.4) is 0 Å². The second-order valence-electron chi connectivity index (χ2n) is 7.47. The third-order valence-corrected chi connectivity index (χ3v) is 4.84. The topological polar surface area (TPSA) is 118 Å². The van der Waals surface area contributed by atoms with Crippen LogP contribution in [0.1, 0.15) is 44.7 Å². The highest BCUT2D eigenvalue weighted by atomic mass is 16.6. The zero-order chi connectivity index (χ0) is 20.2. The van der Waals surface area contributed by atoms with Crippen LogP contribution in [0.5, 0.6) is 0 Å². The van der Waals surface area contributed by atoms with E-state index in [4.69, 9.17) is 9.15 Å². The highest BCUT2D eigenvalue weighted by Gasteiger charge is 2.30. The van der Waals surface area contributed by atoms with Gasteiger partial charge in [0, 0.05) is 35.5 Å². The fraction of sp³-hybridized carbons (Fsp3) is 0.400. The molecule has 9 nitrogen and oxygen atoms in total. The minimum absolute atomic E-state index is 0.0660. The van der Waals surface area contributed by atoms with Crippen LogP contribution in [-0.4, -0.2) is 38.4 Å². The number of aromatic nitrogens is 4. The van der Waals surface area contributed by atoms with Gasteiger partial charge in [0.1, 0.15) is 11.9 Å². The molecule has 0 saturated heterocycles. The number of ether oxygens (including phenoxy) is 1. The molecule has 4 rings (SSSR count). The highest BCUT2D eigenvalue weighted by Crippen LogP contribution is 2.36. The van der Waals surface area contributed by atoms with Crippen LogP contribution in [0.2, 0.25) is 0 Å². The molecule has 3 N–H and O–H groups in total. The fourth-order valence-corrected chi connectivity index (χ4v) is 3.46. The predicted octanol–water partition coefficient (Wildman–Crippen LogP) is 3.97. The number of hydrogen-bond acceptors (Lipinski definition) is 7. The lowest BCUT2D eigenvalue weighted by molar-refractivity contribution is 0.0981. The Balaban J connectivity index is 1.32. The van der Waals surface area contributed by atoms with Gasteiger partial charge in [-0.3, -0.25) is 5.10 Å². The second-order valence-corrected chi connectivity index (χ2v) is 7.47. The van der Waals surface area contributed by atoms with Crippen LogP contribution in [-0.2, 0) is 4.74 Å². The lowest BCUT2D eigenvalue weighted by atomic mass is 10.0. The van der Waals surface area contributed by atoms with Crippen molar-refractivity contribution in [2.45, 2.75) is 51.2 Å². The number of oxazole rings is 1. The van der Waals surface area contributed by atoms with E-state index in [1.54, 1.807) is 12.4 Å². The summed E-state index contributed by atoms with van der Waals surface area (Å²) in [6.07, 6.45) is 6.93. The van der Waals surface area contributed by atoms with Crippen molar-refractivity contribution in [3.8, 4) is 11.3 Å². The van der Waals surface area contributed by atoms with Gasteiger partial charge < -0.3 is 19.8 Å². The fourth-order valence-electron chi connectivity index (χ4n) is 3.46. The maximum atomic E-state index is 11.8. The summed E-state index contributed by atoms with van der Waals surface area (Å²) in [6, 6.07) is 5.82. The van der Waals surface area contributed by atoms with Gasteiger partial charge in [0.2, 0.25) is 0 Å². The normalized spacial score (nSPS) is 18.7. The van der Waals surface area contributed by atoms with E-state index in [1.165, 1.54) is 6.39 Å². The largest absolute Gasteiger partial charge is 0.446 e. The summed E-state index contributed by atoms with van der Waals surface area (Å²) in [5.74, 6) is 2.34. The highest BCUT2D eigenvalue weighted by molar-refractivity contribution is 5.67. The molecule has 0 bridgehead atoms. The first-order chi connectivity index (χ1) is 14.1. The Morgan fingerprint density at radius 2 is 2.17 bits per heavy atom. The molecule has 0 unspecified atom stereocenters. The van der Waals surface area contributed by atoms with E-state index in [2.05, 4.69) is 30.8 Å². The van der Waals surface area contributed by atoms with Crippen molar-refractivity contribution in [1.82, 2.24) is 25.5 Å². The van der Waals surface area contributed by atoms with E-state index in [9.17, 15) is 4.79 Å². The summed E-state index contributed by atoms with van der Waals surface area (Å²) in [6.45, 7) is 3.82. The van der Waals surface area contributed by atoms with Gasteiger partial charge in [0.25, 0.3) is 0 Å². The van der Waals surface area contributed by atoms with Gasteiger partial charge in [-0.2, -0.15) is 5.10 Å². The molecular formula is C20H24N6O3. The molecule has 152 valence electrons. The number of alkyl carbamates (subject to hydrolysis) is 1. The van der Waals surface area contributed by atoms with E-state index in [0.717, 1.165) is 30.5 Å². The minimum Gasteiger partial charge on any atom is -0.446 e. The molecule has 1 aliphatic carbocycles. The number of amides is 1. The molecule has 1 fully saturated rings. The van der Waals surface area contributed by atoms with Crippen molar-refractivity contribution in [2.75, 3.05) is 5.32 Å². The number of nitrogens with one attached hydrogen (secondary N) is 3. The van der Waals surface area contributed by atoms with Crippen molar-refractivity contribution in [2.24, 2.45) is 0 Å². The van der Waals surface area contributed by atoms with Gasteiger partial charge >= 0.3 is 6.09 Å². The lowest BCUT2D eigenvalue weighted by Crippen LogP contribution is -2.33. The average Bonchev–Trinajstić information content (AvgIpc) is 3.43. The van der Waals surface area contributed by atoms with Crippen LogP contribution < -0.4 is 10.6 Å². The maximum absolute atomic E-state index is 11.8. The summed E-state index contributed by atoms with van der Waals surface area (Å²) in [5, 5.41) is 13.4. The second kappa shape index (κ2) is 8.34. The van der Waals surface area contributed by atoms with Crippen molar-refractivity contribution in [3.05, 3.63) is 42.7 Å². The van der Waals surface area contributed by atoms with E-state index in [1.807, 2.05) is 32.0 Å². The average molecular weight is 396 g/mol. The Morgan fingerprint density at radius 1 is 1.28 bits per heavy atom. The van der Waals surface area contributed by atoms with E-state index in [-0.39, 0.29) is 24.2 Å². The molecule has 2 atom stereocenters. The number of pyridine rings is 1. The summed E-state index contributed by atoms with van der Waals surface area (Å²) in [7, 11) is 0. The summed E-state index contributed by atoms with van der Waals surface area (Å²) >= 11 is 0. The molecule has 3 aromatic heterocycles. The molecule has 1 amide bonds. The standard InChI is InChI=1S/C20H24N6O3/c1-12(2)23-20(27)29-15-5-3-13(7-15)16-8-19(26-25-16)24-18-6-4-14(9-22-18)17-10-21-11-28-17/h4,6,8-13,15H,3,5,7H2,1-2H3,(H,23,27)(H2,22,24,25,26)/t13-,15+/m0/s1. The Morgan fingerprint density at radius 3 is 2.90 bits per heavy atom. The summed E-state index contributed by atoms with van der Waals surface area (Å²) < 4.78 is 10.8. The SMILES string of the molecule is CC(C)NC(=O)O[C@@H]1CC[C@H](c2cc(Nc3ccc(-c4cnco4)cn3)n[nH]2)C1. The van der Waals surface area contributed by atoms with Gasteiger partial charge in [-0.05, 0) is 45.2 Å². The van der Waals surface area contributed by atoms with Gasteiger partial charge in [-0.25, -0.2) is 14.8 Å². The molecular weight excluding hydrogens is 372 g/mol. The van der Waals surface area contributed by atoms with Gasteiger partial charge in [-0.15, -0.1) is 0 Å². The van der Waals surface area contributed by atoms with E-state index < -0.39 is 0 Å². The predicted molar refractivity (Wildman–Crippen MR) is 107 cm³/mol. The number of hydrogen-bond donors (Lipinski definition) is 3. The molecule has 1 aliphatic rings. The first kappa shape index (κ1) is 19.0. The third kappa shape index (κ3) is 4.74. The number of nitrogens with zero attached hydrogens (tertiary/aromatic N) is 3. The number of anilines is 2. The van der Waals surface area contributed by atoms with Crippen molar-refractivity contribution in [3.63, 3.8) is 0 Å². The summed E-state index contributed by atoms with van der Waals surface area (Å²) in [4.78, 5) is 20.1. The van der Waals surface area contributed by atoms with Crippen LogP contribution >= 0.6 is 0 Å². The molecule has 9 heteroatoms. The number of carbonyl (C=O) groups is 1. The van der Waals surface area contributed by atoms with Gasteiger partial charge in [0.05, 0.1) is 6.20 Å². The first-order valence-corrected chi connectivity index (χ1v) is 9.71. The van der Waals surface area contributed by atoms with Gasteiger partial charge in [-0.1, -0.05) is 0 Å². The zero-order valence-electron chi connectivity index (χ0n) is 16.4. The molecule has 0 aromatic carbocycles. The Kier molecular flexibility index (Phi) is 5.46. The number of carbonyl (C=O) groups excluding carboxylic acids is 1. The van der Waals surface area contributed by atoms with Crippen LogP contribution in [0, 0.1) is 0 Å². The molecule has 3 heterocycles. The summed E-state index contributed by atoms with van der Waals surface area (Å²) in [5.41, 5.74) is 1.88. The molecule has 29 heavy (non-hydrogen) atoms. The minimum atomic E-state index is -0.350. The number of H-pyrrole nitrogens is 1. The van der Waals surface area contributed by atoms with Crippen molar-refractivity contribution in [1.29, 1.82) is 0 Å². The third-order valence-electron chi connectivity index (χ3n) is 4.84. The van der Waals surface area contributed by atoms with E-state index >= 15 is 0 Å². The van der Waals surface area contributed by atoms with E-state index in [0.29, 0.717) is 17.4 Å². The Bertz CT molecular complexity index is 936. The lowest BCUT2D eigenvalue weighted by Gasteiger charge is -2.14. The van der Waals surface area contributed by atoms with Crippen LogP contribution in [0.4, 0.5) is 16.4 Å². The molecule has 0 radical (unpaired) electrons. The smallest absolute Gasteiger partial charge is 0.407 e. The Labute approximate surface area is 168 Å². The Hall–Kier alpha value is -3.36. The number of aromatic amines is 1. The molecule has 0 aliphatic heterocycles. The van der Waals surface area contributed by atoms with Crippen LogP contribution in [0.15, 0.2) is 41.4 Å². The van der Waals surface area contributed by atoms with Crippen LogP contribution in [0.25, 0.3) is 11.3 Å². The van der Waals surface area contributed by atoms with Crippen molar-refractivity contribution >= 4 is 17.7 Å². The van der Waals surface area contributed by atoms with Crippen molar-refractivity contribution < 1.29 is 13.9 Å². The maximum Gasteiger partial charge on any atom is 0.407 e.